The second-order valence-electron chi connectivity index (χ2n) is 8.00. The molecule has 1 amide bonds. The quantitative estimate of drug-likeness (QED) is 0.378. The number of carbonyl (C=O) groups is 3. The van der Waals surface area contributed by atoms with E-state index in [1.807, 2.05) is 42.5 Å². The van der Waals surface area contributed by atoms with Crippen molar-refractivity contribution in [1.82, 2.24) is 20.1 Å². The first-order chi connectivity index (χ1) is 16.9. The molecule has 0 bridgehead atoms. The van der Waals surface area contributed by atoms with Crippen LogP contribution in [0.2, 0.25) is 0 Å². The van der Waals surface area contributed by atoms with E-state index in [2.05, 4.69) is 20.1 Å². The van der Waals surface area contributed by atoms with Crippen LogP contribution in [0.15, 0.2) is 54.6 Å². The van der Waals surface area contributed by atoms with E-state index >= 15 is 0 Å². The van der Waals surface area contributed by atoms with Crippen LogP contribution in [0.3, 0.4) is 0 Å². The normalized spacial score (nSPS) is 10.8. The molecule has 2 aromatic heterocycles. The topological polar surface area (TPSA) is 115 Å². The molecule has 2 N–H and O–H groups in total. The zero-order valence-electron chi connectivity index (χ0n) is 19.8. The van der Waals surface area contributed by atoms with Gasteiger partial charge < -0.3 is 19.8 Å². The van der Waals surface area contributed by atoms with Crippen LogP contribution >= 0.6 is 0 Å². The molecule has 9 nitrogen and oxygen atoms in total. The average molecular weight is 475 g/mol. The largest absolute Gasteiger partial charge is 0.469 e. The molecule has 9 heteroatoms. The van der Waals surface area contributed by atoms with Crippen molar-refractivity contribution in [2.24, 2.45) is 7.05 Å². The molecule has 0 spiro atoms. The van der Waals surface area contributed by atoms with Crippen molar-refractivity contribution < 1.29 is 23.9 Å². The monoisotopic (exact) mass is 474 g/mol. The predicted molar refractivity (Wildman–Crippen MR) is 130 cm³/mol. The highest BCUT2D eigenvalue weighted by atomic mass is 16.5. The summed E-state index contributed by atoms with van der Waals surface area (Å²) in [5.74, 6) is -0.993. The molecule has 4 aromatic rings. The SMILES string of the molecule is CCOC(=O)c1cc2cc(-c3cc(C(=O)NCc4ccc(CC(=O)OC)cc4)nn3C)ccc2[nH]1. The number of nitrogens with zero attached hydrogens (tertiary/aromatic N) is 2. The highest BCUT2D eigenvalue weighted by Crippen LogP contribution is 2.26. The second kappa shape index (κ2) is 10.3. The number of nitrogens with one attached hydrogen (secondary N) is 2. The van der Waals surface area contributed by atoms with Crippen molar-refractivity contribution in [1.29, 1.82) is 0 Å². The van der Waals surface area contributed by atoms with Gasteiger partial charge in [-0.2, -0.15) is 5.10 Å². The number of methoxy groups -OCH3 is 1. The molecule has 0 aliphatic rings. The van der Waals surface area contributed by atoms with E-state index < -0.39 is 5.97 Å². The Morgan fingerprint density at radius 3 is 2.49 bits per heavy atom. The van der Waals surface area contributed by atoms with E-state index in [1.165, 1.54) is 7.11 Å². The van der Waals surface area contributed by atoms with Crippen molar-refractivity contribution in [3.05, 3.63) is 77.1 Å². The molecular weight excluding hydrogens is 448 g/mol. The summed E-state index contributed by atoms with van der Waals surface area (Å²) in [6.07, 6.45) is 0.207. The summed E-state index contributed by atoms with van der Waals surface area (Å²) in [6, 6.07) is 16.6. The number of aromatic nitrogens is 3. The summed E-state index contributed by atoms with van der Waals surface area (Å²) in [5.41, 5.74) is 4.88. The maximum Gasteiger partial charge on any atom is 0.354 e. The Bertz CT molecular complexity index is 1380. The summed E-state index contributed by atoms with van der Waals surface area (Å²) in [5, 5.41) is 8.09. The lowest BCUT2D eigenvalue weighted by molar-refractivity contribution is -0.139. The van der Waals surface area contributed by atoms with E-state index in [0.717, 1.165) is 33.3 Å². The Morgan fingerprint density at radius 1 is 1.03 bits per heavy atom. The van der Waals surface area contributed by atoms with Gasteiger partial charge in [-0.15, -0.1) is 0 Å². The number of rotatable bonds is 8. The number of hydrogen-bond donors (Lipinski definition) is 2. The van der Waals surface area contributed by atoms with Crippen molar-refractivity contribution >= 4 is 28.7 Å². The predicted octanol–water partition coefficient (Wildman–Crippen LogP) is 3.39. The first kappa shape index (κ1) is 23.7. The van der Waals surface area contributed by atoms with Gasteiger partial charge >= 0.3 is 11.9 Å². The third-order valence-electron chi connectivity index (χ3n) is 5.58. The van der Waals surface area contributed by atoms with E-state index in [-0.39, 0.29) is 18.3 Å². The number of fused-ring (bicyclic) bond motifs is 1. The smallest absolute Gasteiger partial charge is 0.354 e. The van der Waals surface area contributed by atoms with Crippen LogP contribution in [0.1, 0.15) is 39.0 Å². The molecule has 2 aromatic carbocycles. The summed E-state index contributed by atoms with van der Waals surface area (Å²) < 4.78 is 11.4. The van der Waals surface area contributed by atoms with E-state index in [0.29, 0.717) is 24.5 Å². The minimum absolute atomic E-state index is 0.207. The lowest BCUT2D eigenvalue weighted by Crippen LogP contribution is -2.23. The zero-order chi connectivity index (χ0) is 24.9. The molecule has 0 radical (unpaired) electrons. The van der Waals surface area contributed by atoms with Crippen LogP contribution < -0.4 is 5.32 Å². The van der Waals surface area contributed by atoms with Gasteiger partial charge in [0.1, 0.15) is 5.69 Å². The number of amides is 1. The summed E-state index contributed by atoms with van der Waals surface area (Å²) in [7, 11) is 3.13. The molecule has 35 heavy (non-hydrogen) atoms. The molecule has 4 rings (SSSR count). The van der Waals surface area contributed by atoms with Gasteiger partial charge in [-0.1, -0.05) is 30.3 Å². The molecule has 0 saturated heterocycles. The third kappa shape index (κ3) is 5.40. The van der Waals surface area contributed by atoms with Gasteiger partial charge in [0.2, 0.25) is 0 Å². The summed E-state index contributed by atoms with van der Waals surface area (Å²) >= 11 is 0. The molecule has 0 unspecified atom stereocenters. The molecule has 0 fully saturated rings. The van der Waals surface area contributed by atoms with E-state index in [9.17, 15) is 14.4 Å². The van der Waals surface area contributed by atoms with Gasteiger partial charge in [-0.3, -0.25) is 14.3 Å². The van der Waals surface area contributed by atoms with Crippen LogP contribution in [0.25, 0.3) is 22.2 Å². The average Bonchev–Trinajstić information content (AvgIpc) is 3.46. The maximum atomic E-state index is 12.7. The van der Waals surface area contributed by atoms with Crippen molar-refractivity contribution in [2.45, 2.75) is 19.9 Å². The Hall–Kier alpha value is -4.40. The summed E-state index contributed by atoms with van der Waals surface area (Å²) in [4.78, 5) is 39.2. The highest BCUT2D eigenvalue weighted by molar-refractivity contribution is 5.97. The third-order valence-corrected chi connectivity index (χ3v) is 5.58. The molecule has 0 atom stereocenters. The van der Waals surface area contributed by atoms with Gasteiger partial charge in [-0.25, -0.2) is 4.79 Å². The van der Waals surface area contributed by atoms with Crippen LogP contribution in [-0.2, 0) is 34.3 Å². The minimum Gasteiger partial charge on any atom is -0.469 e. The minimum atomic E-state index is -0.400. The highest BCUT2D eigenvalue weighted by Gasteiger charge is 2.16. The van der Waals surface area contributed by atoms with Gasteiger partial charge in [0.15, 0.2) is 5.69 Å². The molecule has 0 aliphatic heterocycles. The molecule has 0 saturated carbocycles. The number of carbonyl (C=O) groups excluding carboxylic acids is 3. The number of aromatic amines is 1. The standard InChI is InChI=1S/C26H26N4O5/c1-4-35-26(33)22-13-19-12-18(9-10-20(19)28-22)23-14-21(29-30(23)2)25(32)27-15-17-7-5-16(6-8-17)11-24(31)34-3/h5-10,12-14,28H,4,11,15H2,1-3H3,(H,27,32). The Balaban J connectivity index is 1.45. The number of hydrogen-bond acceptors (Lipinski definition) is 6. The Morgan fingerprint density at radius 2 is 1.77 bits per heavy atom. The molecular formula is C26H26N4O5. The van der Waals surface area contributed by atoms with Crippen molar-refractivity contribution in [2.75, 3.05) is 13.7 Å². The zero-order valence-corrected chi connectivity index (χ0v) is 19.8. The van der Waals surface area contributed by atoms with Crippen molar-refractivity contribution in [3.8, 4) is 11.3 Å². The number of H-pyrrole nitrogens is 1. The fraction of sp³-hybridized carbons (Fsp3) is 0.231. The van der Waals surface area contributed by atoms with Crippen LogP contribution in [0.5, 0.6) is 0 Å². The second-order valence-corrected chi connectivity index (χ2v) is 8.00. The number of aryl methyl sites for hydroxylation is 1. The Labute approximate surface area is 202 Å². The first-order valence-corrected chi connectivity index (χ1v) is 11.1. The van der Waals surface area contributed by atoms with Gasteiger partial charge in [0, 0.05) is 30.1 Å². The number of benzene rings is 2. The number of ether oxygens (including phenoxy) is 2. The van der Waals surface area contributed by atoms with Crippen molar-refractivity contribution in [3.63, 3.8) is 0 Å². The van der Waals surface area contributed by atoms with E-state index in [1.54, 1.807) is 30.8 Å². The molecule has 0 aliphatic carbocycles. The van der Waals surface area contributed by atoms with Gasteiger partial charge in [0.05, 0.1) is 25.8 Å². The first-order valence-electron chi connectivity index (χ1n) is 11.1. The lowest BCUT2D eigenvalue weighted by Gasteiger charge is -2.05. The van der Waals surface area contributed by atoms with Crippen LogP contribution in [0.4, 0.5) is 0 Å². The fourth-order valence-electron chi connectivity index (χ4n) is 3.75. The van der Waals surface area contributed by atoms with Gasteiger partial charge in [-0.05, 0) is 42.3 Å². The summed E-state index contributed by atoms with van der Waals surface area (Å²) in [6.45, 7) is 2.40. The fourth-order valence-corrected chi connectivity index (χ4v) is 3.75. The molecule has 180 valence electrons. The van der Waals surface area contributed by atoms with Gasteiger partial charge in [0.25, 0.3) is 5.91 Å². The Kier molecular flexibility index (Phi) is 6.96. The van der Waals surface area contributed by atoms with Crippen LogP contribution in [-0.4, -0.2) is 46.3 Å². The molecule has 2 heterocycles. The number of esters is 2. The van der Waals surface area contributed by atoms with E-state index in [4.69, 9.17) is 4.74 Å². The lowest BCUT2D eigenvalue weighted by atomic mass is 10.1. The maximum absolute atomic E-state index is 12.7. The van der Waals surface area contributed by atoms with Crippen LogP contribution in [0, 0.1) is 0 Å².